The van der Waals surface area contributed by atoms with Crippen molar-refractivity contribution >= 4 is 15.9 Å². The van der Waals surface area contributed by atoms with Gasteiger partial charge in [0.15, 0.2) is 0 Å². The first-order valence-corrected chi connectivity index (χ1v) is 5.33. The Hall–Kier alpha value is -1.80. The van der Waals surface area contributed by atoms with Gasteiger partial charge in [-0.15, -0.1) is 0 Å². The quantitative estimate of drug-likeness (QED) is 0.918. The number of hydrogen-bond acceptors (Lipinski definition) is 3. The highest BCUT2D eigenvalue weighted by molar-refractivity contribution is 9.10. The van der Waals surface area contributed by atoms with E-state index in [1.165, 1.54) is 0 Å². The number of nitrogens with zero attached hydrogens (tertiary/aromatic N) is 2. The molecule has 4 nitrogen and oxygen atoms in total. The number of H-pyrrole nitrogens is 1. The number of nitrogens with one attached hydrogen (secondary N) is 1. The molecule has 5 heteroatoms. The highest BCUT2D eigenvalue weighted by atomic mass is 79.9. The van der Waals surface area contributed by atoms with E-state index in [1.54, 1.807) is 13.3 Å². The molecule has 0 atom stereocenters. The molecule has 1 aromatic carbocycles. The molecule has 0 saturated carbocycles. The van der Waals surface area contributed by atoms with E-state index in [2.05, 4.69) is 25.9 Å². The SMILES string of the molecule is COc1ccc(-c2cnc(C#N)[nH]2)cc1Br. The number of hydrogen-bond donors (Lipinski definition) is 1. The molecule has 2 rings (SSSR count). The number of ether oxygens (including phenoxy) is 1. The number of benzene rings is 1. The Kier molecular flexibility index (Phi) is 2.93. The molecule has 1 heterocycles. The lowest BCUT2D eigenvalue weighted by atomic mass is 10.2. The van der Waals surface area contributed by atoms with E-state index in [4.69, 9.17) is 10.00 Å². The Labute approximate surface area is 101 Å². The van der Waals surface area contributed by atoms with Crippen LogP contribution in [0.3, 0.4) is 0 Å². The number of halogens is 1. The number of aromatic nitrogens is 2. The second kappa shape index (κ2) is 4.37. The Bertz CT molecular complexity index is 557. The first-order valence-electron chi connectivity index (χ1n) is 4.53. The van der Waals surface area contributed by atoms with Gasteiger partial charge >= 0.3 is 0 Å². The van der Waals surface area contributed by atoms with Crippen molar-refractivity contribution in [2.45, 2.75) is 0 Å². The zero-order valence-corrected chi connectivity index (χ0v) is 10.1. The van der Waals surface area contributed by atoms with Crippen molar-refractivity contribution in [3.63, 3.8) is 0 Å². The third-order valence-corrected chi connectivity index (χ3v) is 2.76. The Morgan fingerprint density at radius 1 is 1.50 bits per heavy atom. The largest absolute Gasteiger partial charge is 0.496 e. The molecule has 0 bridgehead atoms. The van der Waals surface area contributed by atoms with E-state index in [-0.39, 0.29) is 0 Å². The van der Waals surface area contributed by atoms with Crippen molar-refractivity contribution < 1.29 is 4.74 Å². The molecular weight excluding hydrogens is 270 g/mol. The van der Waals surface area contributed by atoms with Gasteiger partial charge in [0.05, 0.1) is 23.5 Å². The van der Waals surface area contributed by atoms with Gasteiger partial charge < -0.3 is 9.72 Å². The molecule has 0 aliphatic heterocycles. The molecule has 0 spiro atoms. The maximum absolute atomic E-state index is 8.66. The van der Waals surface area contributed by atoms with Gasteiger partial charge in [0.1, 0.15) is 11.8 Å². The molecule has 0 amide bonds. The van der Waals surface area contributed by atoms with E-state index in [9.17, 15) is 0 Å². The van der Waals surface area contributed by atoms with Gasteiger partial charge in [-0.25, -0.2) is 4.98 Å². The van der Waals surface area contributed by atoms with E-state index >= 15 is 0 Å². The summed E-state index contributed by atoms with van der Waals surface area (Å²) in [5.41, 5.74) is 1.75. The lowest BCUT2D eigenvalue weighted by Crippen LogP contribution is -1.85. The van der Waals surface area contributed by atoms with Crippen molar-refractivity contribution in [3.8, 4) is 23.1 Å². The highest BCUT2D eigenvalue weighted by Gasteiger charge is 2.06. The normalized spacial score (nSPS) is 9.81. The van der Waals surface area contributed by atoms with E-state index < -0.39 is 0 Å². The minimum absolute atomic E-state index is 0.307. The van der Waals surface area contributed by atoms with E-state index in [1.807, 2.05) is 24.3 Å². The average molecular weight is 278 g/mol. The molecule has 0 unspecified atom stereocenters. The lowest BCUT2D eigenvalue weighted by Gasteiger charge is -2.04. The Morgan fingerprint density at radius 2 is 2.31 bits per heavy atom. The molecule has 16 heavy (non-hydrogen) atoms. The summed E-state index contributed by atoms with van der Waals surface area (Å²) in [6.07, 6.45) is 1.63. The highest BCUT2D eigenvalue weighted by Crippen LogP contribution is 2.29. The van der Waals surface area contributed by atoms with Crippen LogP contribution in [0.4, 0.5) is 0 Å². The second-order valence-electron chi connectivity index (χ2n) is 3.11. The average Bonchev–Trinajstić information content (AvgIpc) is 2.77. The molecule has 0 saturated heterocycles. The standard InChI is InChI=1S/C11H8BrN3O/c1-16-10-3-2-7(4-8(10)12)9-6-14-11(5-13)15-9/h2-4,6H,1H3,(H,14,15). The van der Waals surface area contributed by atoms with Crippen molar-refractivity contribution in [2.24, 2.45) is 0 Å². The molecule has 2 aromatic rings. The van der Waals surface area contributed by atoms with Crippen LogP contribution in [0.5, 0.6) is 5.75 Å². The van der Waals surface area contributed by atoms with Crippen LogP contribution >= 0.6 is 15.9 Å². The minimum Gasteiger partial charge on any atom is -0.496 e. The molecule has 1 N–H and O–H groups in total. The van der Waals surface area contributed by atoms with Crippen LogP contribution in [-0.4, -0.2) is 17.1 Å². The number of methoxy groups -OCH3 is 1. The summed E-state index contributed by atoms with van der Waals surface area (Å²) in [4.78, 5) is 6.83. The maximum atomic E-state index is 8.66. The van der Waals surface area contributed by atoms with Gasteiger partial charge in [-0.3, -0.25) is 0 Å². The molecule has 0 fully saturated rings. The predicted octanol–water partition coefficient (Wildman–Crippen LogP) is 2.72. The Balaban J connectivity index is 2.42. The number of imidazole rings is 1. The van der Waals surface area contributed by atoms with Gasteiger partial charge in [0.2, 0.25) is 5.82 Å². The molecule has 0 radical (unpaired) electrons. The summed E-state index contributed by atoms with van der Waals surface area (Å²) in [6.45, 7) is 0. The van der Waals surface area contributed by atoms with Gasteiger partial charge in [-0.1, -0.05) is 0 Å². The molecule has 0 aliphatic rings. The third-order valence-electron chi connectivity index (χ3n) is 2.14. The minimum atomic E-state index is 0.307. The maximum Gasteiger partial charge on any atom is 0.210 e. The van der Waals surface area contributed by atoms with Crippen molar-refractivity contribution in [1.82, 2.24) is 9.97 Å². The van der Waals surface area contributed by atoms with Crippen LogP contribution in [0.1, 0.15) is 5.82 Å². The fourth-order valence-electron chi connectivity index (χ4n) is 1.36. The molecular formula is C11H8BrN3O. The summed E-state index contributed by atoms with van der Waals surface area (Å²) in [7, 11) is 1.61. The topological polar surface area (TPSA) is 61.7 Å². The summed E-state index contributed by atoms with van der Waals surface area (Å²) in [6, 6.07) is 7.62. The number of nitriles is 1. The first kappa shape index (κ1) is 10.7. The predicted molar refractivity (Wildman–Crippen MR) is 63.0 cm³/mol. The van der Waals surface area contributed by atoms with E-state index in [0.717, 1.165) is 21.5 Å². The lowest BCUT2D eigenvalue weighted by molar-refractivity contribution is 0.412. The third kappa shape index (κ3) is 1.92. The van der Waals surface area contributed by atoms with Crippen LogP contribution < -0.4 is 4.74 Å². The van der Waals surface area contributed by atoms with Crippen LogP contribution in [0, 0.1) is 11.3 Å². The van der Waals surface area contributed by atoms with Crippen LogP contribution in [-0.2, 0) is 0 Å². The van der Waals surface area contributed by atoms with Crippen LogP contribution in [0.2, 0.25) is 0 Å². The van der Waals surface area contributed by atoms with Crippen molar-refractivity contribution in [2.75, 3.05) is 7.11 Å². The molecule has 1 aromatic heterocycles. The molecule has 80 valence electrons. The summed E-state index contributed by atoms with van der Waals surface area (Å²) >= 11 is 3.40. The van der Waals surface area contributed by atoms with Crippen molar-refractivity contribution in [3.05, 3.63) is 34.7 Å². The number of aromatic amines is 1. The van der Waals surface area contributed by atoms with E-state index in [0.29, 0.717) is 5.82 Å². The summed E-state index contributed by atoms with van der Waals surface area (Å²) in [5, 5.41) is 8.66. The fraction of sp³-hybridized carbons (Fsp3) is 0.0909. The molecule has 0 aliphatic carbocycles. The summed E-state index contributed by atoms with van der Waals surface area (Å²) < 4.78 is 6.00. The van der Waals surface area contributed by atoms with Crippen LogP contribution in [0.15, 0.2) is 28.9 Å². The number of rotatable bonds is 2. The zero-order chi connectivity index (χ0) is 11.5. The van der Waals surface area contributed by atoms with Crippen molar-refractivity contribution in [1.29, 1.82) is 5.26 Å². The fourth-order valence-corrected chi connectivity index (χ4v) is 1.90. The monoisotopic (exact) mass is 277 g/mol. The van der Waals surface area contributed by atoms with Gasteiger partial charge in [-0.05, 0) is 34.1 Å². The van der Waals surface area contributed by atoms with Crippen LogP contribution in [0.25, 0.3) is 11.3 Å². The first-order chi connectivity index (χ1) is 7.74. The summed E-state index contributed by atoms with van der Waals surface area (Å²) in [5.74, 6) is 1.07. The smallest absolute Gasteiger partial charge is 0.210 e. The van der Waals surface area contributed by atoms with Gasteiger partial charge in [-0.2, -0.15) is 5.26 Å². The second-order valence-corrected chi connectivity index (χ2v) is 3.96. The Morgan fingerprint density at radius 3 is 2.88 bits per heavy atom. The van der Waals surface area contributed by atoms with Gasteiger partial charge in [0, 0.05) is 5.56 Å². The van der Waals surface area contributed by atoms with Gasteiger partial charge in [0.25, 0.3) is 0 Å². The zero-order valence-electron chi connectivity index (χ0n) is 8.49.